The summed E-state index contributed by atoms with van der Waals surface area (Å²) < 4.78 is 7.72. The second kappa shape index (κ2) is 6.13. The van der Waals surface area contributed by atoms with E-state index < -0.39 is 0 Å². The summed E-state index contributed by atoms with van der Waals surface area (Å²) in [6.45, 7) is 4.58. The highest BCUT2D eigenvalue weighted by Gasteiger charge is 2.13. The Balaban J connectivity index is 1.88. The molecule has 1 fully saturated rings. The average molecular weight is 353 g/mol. The van der Waals surface area contributed by atoms with Crippen LogP contribution in [0.5, 0.6) is 0 Å². The molecule has 1 aromatic heterocycles. The fraction of sp³-hybridized carbons (Fsp3) is 0.429. The van der Waals surface area contributed by atoms with Gasteiger partial charge in [0.25, 0.3) is 5.56 Å². The summed E-state index contributed by atoms with van der Waals surface area (Å²) in [4.78, 5) is 19.1. The molecule has 0 atom stereocenters. The molecule has 0 saturated carbocycles. The molecule has 0 radical (unpaired) electrons. The van der Waals surface area contributed by atoms with Crippen molar-refractivity contribution in [2.45, 2.75) is 6.54 Å². The first kappa shape index (κ1) is 14.5. The normalized spacial score (nSPS) is 16.4. The summed E-state index contributed by atoms with van der Waals surface area (Å²) in [5.41, 5.74) is 6.48. The molecular formula is C14H17BrN4O2. The first-order chi connectivity index (χ1) is 10.1. The summed E-state index contributed by atoms with van der Waals surface area (Å²) in [7, 11) is 0. The molecule has 21 heavy (non-hydrogen) atoms. The van der Waals surface area contributed by atoms with Crippen LogP contribution in [0.1, 0.15) is 0 Å². The number of benzene rings is 1. The van der Waals surface area contributed by atoms with Crippen molar-refractivity contribution in [3.63, 3.8) is 0 Å². The molecule has 1 aromatic carbocycles. The first-order valence-corrected chi connectivity index (χ1v) is 7.70. The molecule has 0 unspecified atom stereocenters. The number of aromatic nitrogens is 2. The maximum atomic E-state index is 12.6. The zero-order valence-corrected chi connectivity index (χ0v) is 13.2. The van der Waals surface area contributed by atoms with Gasteiger partial charge in [-0.2, -0.15) is 0 Å². The van der Waals surface area contributed by atoms with E-state index in [1.807, 2.05) is 6.07 Å². The zero-order valence-electron chi connectivity index (χ0n) is 11.6. The van der Waals surface area contributed by atoms with Gasteiger partial charge >= 0.3 is 0 Å². The summed E-state index contributed by atoms with van der Waals surface area (Å²) in [5, 5.41) is 0.584. The van der Waals surface area contributed by atoms with Gasteiger partial charge in [0, 0.05) is 30.7 Å². The van der Waals surface area contributed by atoms with Crippen molar-refractivity contribution < 1.29 is 4.74 Å². The van der Waals surface area contributed by atoms with Crippen LogP contribution < -0.4 is 11.3 Å². The number of rotatable bonds is 3. The maximum Gasteiger partial charge on any atom is 0.262 e. The van der Waals surface area contributed by atoms with Gasteiger partial charge in [-0.1, -0.05) is 15.9 Å². The van der Waals surface area contributed by atoms with Crippen LogP contribution in [0.2, 0.25) is 0 Å². The molecule has 3 rings (SSSR count). The summed E-state index contributed by atoms with van der Waals surface area (Å²) in [6.07, 6.45) is 0. The molecule has 0 aliphatic carbocycles. The van der Waals surface area contributed by atoms with E-state index in [2.05, 4.69) is 25.8 Å². The molecule has 0 amide bonds. The fourth-order valence-corrected chi connectivity index (χ4v) is 2.85. The number of fused-ring (bicyclic) bond motifs is 1. The third-order valence-electron chi connectivity index (χ3n) is 3.69. The number of halogens is 1. The molecule has 112 valence electrons. The number of anilines is 1. The smallest absolute Gasteiger partial charge is 0.262 e. The molecule has 6 nitrogen and oxygen atoms in total. The van der Waals surface area contributed by atoms with E-state index in [-0.39, 0.29) is 11.5 Å². The predicted molar refractivity (Wildman–Crippen MR) is 85.4 cm³/mol. The largest absolute Gasteiger partial charge is 0.379 e. The summed E-state index contributed by atoms with van der Waals surface area (Å²) in [6, 6.07) is 5.44. The highest BCUT2D eigenvalue weighted by molar-refractivity contribution is 9.10. The van der Waals surface area contributed by atoms with E-state index in [1.165, 1.54) is 0 Å². The number of hydrogen-bond acceptors (Lipinski definition) is 5. The lowest BCUT2D eigenvalue weighted by Gasteiger charge is -2.26. The lowest BCUT2D eigenvalue weighted by atomic mass is 10.2. The van der Waals surface area contributed by atoms with Gasteiger partial charge in [0.15, 0.2) is 0 Å². The minimum atomic E-state index is -0.0907. The highest BCUT2D eigenvalue weighted by Crippen LogP contribution is 2.16. The monoisotopic (exact) mass is 352 g/mol. The number of hydrogen-bond donors (Lipinski definition) is 1. The van der Waals surface area contributed by atoms with Gasteiger partial charge in [0.05, 0.1) is 24.1 Å². The van der Waals surface area contributed by atoms with Gasteiger partial charge in [-0.15, -0.1) is 0 Å². The van der Waals surface area contributed by atoms with Crippen molar-refractivity contribution in [2.24, 2.45) is 0 Å². The molecule has 7 heteroatoms. The van der Waals surface area contributed by atoms with Crippen molar-refractivity contribution in [2.75, 3.05) is 38.6 Å². The van der Waals surface area contributed by atoms with Crippen LogP contribution in [0.15, 0.2) is 27.5 Å². The van der Waals surface area contributed by atoms with Crippen LogP contribution in [0.25, 0.3) is 10.9 Å². The Bertz CT molecular complexity index is 710. The van der Waals surface area contributed by atoms with Gasteiger partial charge in [-0.3, -0.25) is 14.3 Å². The van der Waals surface area contributed by atoms with Gasteiger partial charge in [0.1, 0.15) is 0 Å². The van der Waals surface area contributed by atoms with E-state index in [4.69, 9.17) is 10.5 Å². The van der Waals surface area contributed by atoms with Crippen molar-refractivity contribution in [3.05, 3.63) is 33.0 Å². The van der Waals surface area contributed by atoms with Crippen LogP contribution >= 0.6 is 15.9 Å². The summed E-state index contributed by atoms with van der Waals surface area (Å²) >= 11 is 3.38. The number of nitrogens with two attached hydrogens (primary N) is 1. The Morgan fingerprint density at radius 2 is 2.05 bits per heavy atom. The van der Waals surface area contributed by atoms with Gasteiger partial charge < -0.3 is 10.5 Å². The van der Waals surface area contributed by atoms with Gasteiger partial charge in [0.2, 0.25) is 5.95 Å². The van der Waals surface area contributed by atoms with Crippen LogP contribution in [0, 0.1) is 0 Å². The average Bonchev–Trinajstić information content (AvgIpc) is 2.49. The lowest BCUT2D eigenvalue weighted by Crippen LogP contribution is -2.39. The number of nitrogen functional groups attached to an aromatic ring is 1. The molecule has 1 saturated heterocycles. The lowest BCUT2D eigenvalue weighted by molar-refractivity contribution is 0.0363. The Labute approximate surface area is 130 Å². The Hall–Kier alpha value is -1.44. The van der Waals surface area contributed by atoms with Crippen LogP contribution in [0.3, 0.4) is 0 Å². The van der Waals surface area contributed by atoms with Crippen molar-refractivity contribution in [1.29, 1.82) is 0 Å². The van der Waals surface area contributed by atoms with Crippen LogP contribution in [-0.2, 0) is 11.3 Å². The minimum Gasteiger partial charge on any atom is -0.379 e. The van der Waals surface area contributed by atoms with Gasteiger partial charge in [-0.05, 0) is 18.2 Å². The summed E-state index contributed by atoms with van der Waals surface area (Å²) in [5.74, 6) is 0.267. The van der Waals surface area contributed by atoms with Crippen molar-refractivity contribution in [1.82, 2.24) is 14.5 Å². The quantitative estimate of drug-likeness (QED) is 0.894. The maximum absolute atomic E-state index is 12.6. The standard InChI is InChI=1S/C14H17BrN4O2/c15-10-1-2-12-11(9-10)13(20)19(14(16)17-12)4-3-18-5-7-21-8-6-18/h1-2,9H,3-8H2,(H2,16,17). The third kappa shape index (κ3) is 3.09. The Morgan fingerprint density at radius 3 is 2.81 bits per heavy atom. The molecule has 0 spiro atoms. The fourth-order valence-electron chi connectivity index (χ4n) is 2.49. The topological polar surface area (TPSA) is 73.4 Å². The minimum absolute atomic E-state index is 0.0907. The van der Waals surface area contributed by atoms with E-state index in [1.54, 1.807) is 16.7 Å². The van der Waals surface area contributed by atoms with Crippen molar-refractivity contribution in [3.8, 4) is 0 Å². The molecular weight excluding hydrogens is 336 g/mol. The molecule has 0 bridgehead atoms. The van der Waals surface area contributed by atoms with Crippen molar-refractivity contribution >= 4 is 32.8 Å². The highest BCUT2D eigenvalue weighted by atomic mass is 79.9. The second-order valence-electron chi connectivity index (χ2n) is 5.04. The molecule has 2 N–H and O–H groups in total. The van der Waals surface area contributed by atoms with Crippen LogP contribution in [0.4, 0.5) is 5.95 Å². The predicted octanol–water partition coefficient (Wildman–Crippen LogP) is 1.07. The van der Waals surface area contributed by atoms with E-state index in [0.717, 1.165) is 37.3 Å². The van der Waals surface area contributed by atoms with E-state index in [9.17, 15) is 4.79 Å². The first-order valence-electron chi connectivity index (χ1n) is 6.91. The molecule has 1 aliphatic rings. The Kier molecular flexibility index (Phi) is 4.23. The second-order valence-corrected chi connectivity index (χ2v) is 5.96. The van der Waals surface area contributed by atoms with E-state index in [0.29, 0.717) is 17.4 Å². The molecule has 2 heterocycles. The Morgan fingerprint density at radius 1 is 1.29 bits per heavy atom. The van der Waals surface area contributed by atoms with Gasteiger partial charge in [-0.25, -0.2) is 4.98 Å². The number of morpholine rings is 1. The zero-order chi connectivity index (χ0) is 14.8. The number of nitrogens with zero attached hydrogens (tertiary/aromatic N) is 3. The molecule has 1 aliphatic heterocycles. The third-order valence-corrected chi connectivity index (χ3v) is 4.18. The molecule has 2 aromatic rings. The number of ether oxygens (including phenoxy) is 1. The van der Waals surface area contributed by atoms with E-state index >= 15 is 0 Å². The van der Waals surface area contributed by atoms with Crippen LogP contribution in [-0.4, -0.2) is 47.3 Å². The SMILES string of the molecule is Nc1nc2ccc(Br)cc2c(=O)n1CCN1CCOCC1.